The van der Waals surface area contributed by atoms with Crippen molar-refractivity contribution in [3.8, 4) is 0 Å². The minimum Gasteiger partial charge on any atom is -0.313 e. The van der Waals surface area contributed by atoms with Crippen molar-refractivity contribution >= 4 is 0 Å². The maximum Gasteiger partial charge on any atom is 0.416 e. The molecule has 0 aromatic heterocycles. The van der Waals surface area contributed by atoms with Gasteiger partial charge in [-0.2, -0.15) is 8.78 Å². The van der Waals surface area contributed by atoms with Crippen molar-refractivity contribution in [1.82, 2.24) is 0 Å². The Balaban J connectivity index is 3.87. The standard InChI is InChI=1S/C5H8F4O/c1-3(2)10-5(8,9)4(6)7/h3-4H,1-2H3. The van der Waals surface area contributed by atoms with E-state index in [1.807, 2.05) is 0 Å². The third-order valence-corrected chi connectivity index (χ3v) is 0.647. The molecule has 0 rings (SSSR count). The summed E-state index contributed by atoms with van der Waals surface area (Å²) >= 11 is 0. The van der Waals surface area contributed by atoms with Crippen LogP contribution in [0.2, 0.25) is 0 Å². The number of alkyl halides is 4. The smallest absolute Gasteiger partial charge is 0.313 e. The fourth-order valence-electron chi connectivity index (χ4n) is 0.366. The predicted molar refractivity (Wildman–Crippen MR) is 27.2 cm³/mol. The molecule has 0 saturated carbocycles. The highest BCUT2D eigenvalue weighted by Gasteiger charge is 2.42. The van der Waals surface area contributed by atoms with Gasteiger partial charge in [-0.15, -0.1) is 0 Å². The Morgan fingerprint density at radius 3 is 1.70 bits per heavy atom. The average Bonchev–Trinajstić information content (AvgIpc) is 1.60. The van der Waals surface area contributed by atoms with Gasteiger partial charge in [-0.25, -0.2) is 8.78 Å². The van der Waals surface area contributed by atoms with Crippen LogP contribution in [0.1, 0.15) is 13.8 Å². The molecule has 0 aromatic carbocycles. The zero-order valence-electron chi connectivity index (χ0n) is 5.57. The first-order valence-corrected chi connectivity index (χ1v) is 2.70. The molecule has 0 N–H and O–H groups in total. The third kappa shape index (κ3) is 3.00. The second-order valence-electron chi connectivity index (χ2n) is 2.03. The maximum absolute atomic E-state index is 11.8. The van der Waals surface area contributed by atoms with Crippen molar-refractivity contribution in [3.63, 3.8) is 0 Å². The molecule has 0 heterocycles. The largest absolute Gasteiger partial charge is 0.416 e. The van der Waals surface area contributed by atoms with E-state index in [4.69, 9.17) is 0 Å². The van der Waals surface area contributed by atoms with E-state index in [0.717, 1.165) is 0 Å². The Morgan fingerprint density at radius 1 is 1.20 bits per heavy atom. The molecule has 0 radical (unpaired) electrons. The molecular weight excluding hydrogens is 152 g/mol. The lowest BCUT2D eigenvalue weighted by molar-refractivity contribution is -0.313. The van der Waals surface area contributed by atoms with Crippen molar-refractivity contribution in [2.45, 2.75) is 32.5 Å². The van der Waals surface area contributed by atoms with Crippen LogP contribution in [-0.2, 0) is 4.74 Å². The van der Waals surface area contributed by atoms with Crippen LogP contribution >= 0.6 is 0 Å². The van der Waals surface area contributed by atoms with Crippen molar-refractivity contribution in [2.24, 2.45) is 0 Å². The van der Waals surface area contributed by atoms with Crippen molar-refractivity contribution in [1.29, 1.82) is 0 Å². The van der Waals surface area contributed by atoms with Crippen LogP contribution in [-0.4, -0.2) is 18.6 Å². The maximum atomic E-state index is 11.8. The Labute approximate surface area is 56.0 Å². The summed E-state index contributed by atoms with van der Waals surface area (Å²) in [5.74, 6) is 0. The van der Waals surface area contributed by atoms with Crippen LogP contribution in [0, 0.1) is 0 Å². The van der Waals surface area contributed by atoms with Crippen LogP contribution < -0.4 is 0 Å². The first kappa shape index (κ1) is 9.68. The first-order chi connectivity index (χ1) is 4.36. The van der Waals surface area contributed by atoms with Gasteiger partial charge < -0.3 is 4.74 Å². The zero-order valence-corrected chi connectivity index (χ0v) is 5.57. The number of hydrogen-bond donors (Lipinski definition) is 0. The van der Waals surface area contributed by atoms with Crippen LogP contribution in [0.4, 0.5) is 17.6 Å². The molecule has 0 spiro atoms. The molecule has 0 aromatic rings. The Morgan fingerprint density at radius 2 is 1.60 bits per heavy atom. The summed E-state index contributed by atoms with van der Waals surface area (Å²) in [5.41, 5.74) is 0. The lowest BCUT2D eigenvalue weighted by atomic mass is 10.5. The SMILES string of the molecule is CC(C)OC(F)(F)C(F)F. The molecule has 0 unspecified atom stereocenters. The van der Waals surface area contributed by atoms with Gasteiger partial charge in [0.1, 0.15) is 0 Å². The third-order valence-electron chi connectivity index (χ3n) is 0.647. The Hall–Kier alpha value is -0.320. The summed E-state index contributed by atoms with van der Waals surface area (Å²) in [6.45, 7) is 2.52. The molecular formula is C5H8F4O. The van der Waals surface area contributed by atoms with Gasteiger partial charge in [-0.1, -0.05) is 0 Å². The fraction of sp³-hybridized carbons (Fsp3) is 1.00. The van der Waals surface area contributed by atoms with E-state index in [9.17, 15) is 17.6 Å². The summed E-state index contributed by atoms with van der Waals surface area (Å²) in [6, 6.07) is 0. The summed E-state index contributed by atoms with van der Waals surface area (Å²) < 4.78 is 49.9. The van der Waals surface area contributed by atoms with Gasteiger partial charge in [0.15, 0.2) is 0 Å². The fourth-order valence-corrected chi connectivity index (χ4v) is 0.366. The number of rotatable bonds is 3. The molecule has 0 aliphatic heterocycles. The summed E-state index contributed by atoms with van der Waals surface area (Å²) in [4.78, 5) is 0. The van der Waals surface area contributed by atoms with Gasteiger partial charge in [0.05, 0.1) is 6.10 Å². The van der Waals surface area contributed by atoms with Crippen LogP contribution in [0.15, 0.2) is 0 Å². The van der Waals surface area contributed by atoms with E-state index in [1.165, 1.54) is 13.8 Å². The van der Waals surface area contributed by atoms with Crippen molar-refractivity contribution in [2.75, 3.05) is 0 Å². The van der Waals surface area contributed by atoms with E-state index in [0.29, 0.717) is 0 Å². The lowest BCUT2D eigenvalue weighted by Gasteiger charge is -2.17. The molecule has 62 valence electrons. The van der Waals surface area contributed by atoms with E-state index in [2.05, 4.69) is 4.74 Å². The van der Waals surface area contributed by atoms with Crippen molar-refractivity contribution in [3.05, 3.63) is 0 Å². The second-order valence-corrected chi connectivity index (χ2v) is 2.03. The zero-order chi connectivity index (χ0) is 8.36. The molecule has 0 aliphatic carbocycles. The summed E-state index contributed by atoms with van der Waals surface area (Å²) in [6.07, 6.45) is -8.97. The van der Waals surface area contributed by atoms with Gasteiger partial charge in [-0.3, -0.25) is 0 Å². The van der Waals surface area contributed by atoms with E-state index in [1.54, 1.807) is 0 Å². The van der Waals surface area contributed by atoms with Gasteiger partial charge in [-0.05, 0) is 13.8 Å². The summed E-state index contributed by atoms with van der Waals surface area (Å²) in [7, 11) is 0. The highest BCUT2D eigenvalue weighted by molar-refractivity contribution is 4.56. The molecule has 5 heteroatoms. The Kier molecular flexibility index (Phi) is 3.08. The number of ether oxygens (including phenoxy) is 1. The van der Waals surface area contributed by atoms with Crippen LogP contribution in [0.3, 0.4) is 0 Å². The van der Waals surface area contributed by atoms with Gasteiger partial charge >= 0.3 is 12.5 Å². The Bertz CT molecular complexity index is 102. The molecule has 10 heavy (non-hydrogen) atoms. The topological polar surface area (TPSA) is 9.23 Å². The minimum atomic E-state index is -4.31. The summed E-state index contributed by atoms with van der Waals surface area (Å²) in [5, 5.41) is 0. The number of hydrogen-bond acceptors (Lipinski definition) is 1. The van der Waals surface area contributed by atoms with E-state index in [-0.39, 0.29) is 0 Å². The molecule has 0 amide bonds. The average molecular weight is 160 g/mol. The molecule has 0 atom stereocenters. The first-order valence-electron chi connectivity index (χ1n) is 2.70. The molecule has 0 fully saturated rings. The normalized spacial score (nSPS) is 13.2. The lowest BCUT2D eigenvalue weighted by Crippen LogP contribution is -2.32. The van der Waals surface area contributed by atoms with Crippen LogP contribution in [0.25, 0.3) is 0 Å². The van der Waals surface area contributed by atoms with Gasteiger partial charge in [0.25, 0.3) is 0 Å². The van der Waals surface area contributed by atoms with Crippen molar-refractivity contribution < 1.29 is 22.3 Å². The molecule has 0 bridgehead atoms. The van der Waals surface area contributed by atoms with Gasteiger partial charge in [0, 0.05) is 0 Å². The highest BCUT2D eigenvalue weighted by Crippen LogP contribution is 2.25. The molecule has 1 nitrogen and oxygen atoms in total. The minimum absolute atomic E-state index is 0.899. The second kappa shape index (κ2) is 3.18. The monoisotopic (exact) mass is 160 g/mol. The highest BCUT2D eigenvalue weighted by atomic mass is 19.3. The predicted octanol–water partition coefficient (Wildman–Crippen LogP) is 2.27. The quantitative estimate of drug-likeness (QED) is 0.575. The number of halogens is 4. The van der Waals surface area contributed by atoms with E-state index >= 15 is 0 Å². The van der Waals surface area contributed by atoms with E-state index < -0.39 is 18.6 Å². The van der Waals surface area contributed by atoms with Gasteiger partial charge in [0.2, 0.25) is 0 Å². The molecule has 0 saturated heterocycles. The molecule has 0 aliphatic rings. The van der Waals surface area contributed by atoms with Crippen LogP contribution in [0.5, 0.6) is 0 Å².